The highest BCUT2D eigenvalue weighted by atomic mass is 16.1. The zero-order valence-electron chi connectivity index (χ0n) is 20.7. The highest BCUT2D eigenvalue weighted by Crippen LogP contribution is 2.28. The predicted molar refractivity (Wildman–Crippen MR) is 149 cm³/mol. The average molecular weight is 491 g/mol. The first-order chi connectivity index (χ1) is 18.1. The van der Waals surface area contributed by atoms with E-state index in [4.69, 9.17) is 5.73 Å². The minimum Gasteiger partial charge on any atom is -0.397 e. The third-order valence-corrected chi connectivity index (χ3v) is 6.34. The van der Waals surface area contributed by atoms with E-state index in [9.17, 15) is 14.9 Å². The maximum atomic E-state index is 13.5. The number of amides is 1. The molecule has 0 aliphatic heterocycles. The summed E-state index contributed by atoms with van der Waals surface area (Å²) in [5, 5.41) is 12.7. The minimum absolute atomic E-state index is 0.0596. The van der Waals surface area contributed by atoms with Crippen LogP contribution in [0.15, 0.2) is 95.8 Å². The summed E-state index contributed by atoms with van der Waals surface area (Å²) in [6, 6.07) is 30.6. The fourth-order valence-corrected chi connectivity index (χ4v) is 4.40. The van der Waals surface area contributed by atoms with Gasteiger partial charge in [0.25, 0.3) is 5.56 Å². The SMILES string of the molecule is N#Cc1c(-c2ccccc2)cc(-c2ccccc2)n(CCCCCCC(=O)Nc2ccccc2N)c1=O. The lowest BCUT2D eigenvalue weighted by Gasteiger charge is -2.16. The van der Waals surface area contributed by atoms with Crippen LogP contribution in [0.2, 0.25) is 0 Å². The van der Waals surface area contributed by atoms with E-state index in [1.54, 1.807) is 16.7 Å². The summed E-state index contributed by atoms with van der Waals surface area (Å²) in [5.41, 5.74) is 10.2. The molecule has 1 heterocycles. The molecule has 4 aromatic rings. The van der Waals surface area contributed by atoms with E-state index in [1.165, 1.54) is 0 Å². The number of nitrogens with zero attached hydrogens (tertiary/aromatic N) is 2. The van der Waals surface area contributed by atoms with Crippen LogP contribution in [-0.2, 0) is 11.3 Å². The average Bonchev–Trinajstić information content (AvgIpc) is 2.93. The van der Waals surface area contributed by atoms with Crippen molar-refractivity contribution in [3.63, 3.8) is 0 Å². The second kappa shape index (κ2) is 12.4. The molecule has 1 aromatic heterocycles. The van der Waals surface area contributed by atoms with E-state index >= 15 is 0 Å². The van der Waals surface area contributed by atoms with Crippen LogP contribution >= 0.6 is 0 Å². The van der Waals surface area contributed by atoms with Crippen LogP contribution in [-0.4, -0.2) is 10.5 Å². The first-order valence-electron chi connectivity index (χ1n) is 12.5. The van der Waals surface area contributed by atoms with Crippen molar-refractivity contribution in [2.45, 2.75) is 38.6 Å². The van der Waals surface area contributed by atoms with Gasteiger partial charge < -0.3 is 15.6 Å². The number of carbonyl (C=O) groups is 1. The Hall–Kier alpha value is -4.63. The van der Waals surface area contributed by atoms with Crippen molar-refractivity contribution in [3.8, 4) is 28.5 Å². The van der Waals surface area contributed by atoms with Crippen molar-refractivity contribution in [3.05, 3.63) is 107 Å². The molecule has 0 saturated carbocycles. The number of nitrogens with one attached hydrogen (secondary N) is 1. The number of carbonyl (C=O) groups excluding carboxylic acids is 1. The lowest BCUT2D eigenvalue weighted by molar-refractivity contribution is -0.116. The van der Waals surface area contributed by atoms with Gasteiger partial charge in [0, 0.05) is 18.5 Å². The van der Waals surface area contributed by atoms with Crippen LogP contribution < -0.4 is 16.6 Å². The van der Waals surface area contributed by atoms with E-state index in [0.717, 1.165) is 42.5 Å². The number of nitrogen functional groups attached to an aromatic ring is 1. The van der Waals surface area contributed by atoms with Gasteiger partial charge in [0.2, 0.25) is 5.91 Å². The van der Waals surface area contributed by atoms with Crippen LogP contribution in [0.25, 0.3) is 22.4 Å². The van der Waals surface area contributed by atoms with Gasteiger partial charge in [-0.25, -0.2) is 0 Å². The van der Waals surface area contributed by atoms with E-state index in [2.05, 4.69) is 11.4 Å². The molecule has 6 nitrogen and oxygen atoms in total. The van der Waals surface area contributed by atoms with Gasteiger partial charge in [-0.3, -0.25) is 9.59 Å². The summed E-state index contributed by atoms with van der Waals surface area (Å²) < 4.78 is 1.71. The largest absolute Gasteiger partial charge is 0.397 e. The lowest BCUT2D eigenvalue weighted by atomic mass is 9.98. The van der Waals surface area contributed by atoms with Gasteiger partial charge in [0.05, 0.1) is 17.1 Å². The van der Waals surface area contributed by atoms with Gasteiger partial charge in [-0.1, -0.05) is 85.6 Å². The molecule has 3 N–H and O–H groups in total. The summed E-state index contributed by atoms with van der Waals surface area (Å²) in [5.74, 6) is -0.0596. The van der Waals surface area contributed by atoms with Crippen LogP contribution in [0.1, 0.15) is 37.7 Å². The summed E-state index contributed by atoms with van der Waals surface area (Å²) in [6.45, 7) is 0.500. The van der Waals surface area contributed by atoms with Crippen molar-refractivity contribution in [2.75, 3.05) is 11.1 Å². The molecule has 6 heteroatoms. The molecule has 0 bridgehead atoms. The number of unbranched alkanes of at least 4 members (excludes halogenated alkanes) is 3. The Morgan fingerprint density at radius 2 is 1.46 bits per heavy atom. The van der Waals surface area contributed by atoms with Crippen molar-refractivity contribution in [2.24, 2.45) is 0 Å². The van der Waals surface area contributed by atoms with E-state index in [-0.39, 0.29) is 17.0 Å². The first kappa shape index (κ1) is 25.5. The van der Waals surface area contributed by atoms with E-state index in [0.29, 0.717) is 29.9 Å². The molecule has 186 valence electrons. The fourth-order valence-electron chi connectivity index (χ4n) is 4.40. The molecule has 0 spiro atoms. The van der Waals surface area contributed by atoms with Gasteiger partial charge in [0.1, 0.15) is 11.6 Å². The van der Waals surface area contributed by atoms with Crippen molar-refractivity contribution >= 4 is 17.3 Å². The number of aromatic nitrogens is 1. The normalized spacial score (nSPS) is 10.6. The molecule has 3 aromatic carbocycles. The maximum Gasteiger partial charge on any atom is 0.269 e. The molecule has 0 radical (unpaired) electrons. The predicted octanol–water partition coefficient (Wildman–Crippen LogP) is 6.23. The summed E-state index contributed by atoms with van der Waals surface area (Å²) in [6.07, 6.45) is 3.65. The molecule has 37 heavy (non-hydrogen) atoms. The third-order valence-electron chi connectivity index (χ3n) is 6.34. The zero-order chi connectivity index (χ0) is 26.0. The molecular weight excluding hydrogens is 460 g/mol. The highest BCUT2D eigenvalue weighted by molar-refractivity contribution is 5.93. The van der Waals surface area contributed by atoms with Crippen molar-refractivity contribution < 1.29 is 4.79 Å². The van der Waals surface area contributed by atoms with Crippen molar-refractivity contribution in [1.82, 2.24) is 4.57 Å². The molecule has 0 aliphatic rings. The number of benzene rings is 3. The van der Waals surface area contributed by atoms with Crippen LogP contribution in [0.4, 0.5) is 11.4 Å². The molecule has 0 unspecified atom stereocenters. The molecule has 1 amide bonds. The first-order valence-corrected chi connectivity index (χ1v) is 12.5. The second-order valence-corrected chi connectivity index (χ2v) is 8.92. The fraction of sp³-hybridized carbons (Fsp3) is 0.194. The number of para-hydroxylation sites is 2. The Labute approximate surface area is 217 Å². The molecule has 0 aliphatic carbocycles. The maximum absolute atomic E-state index is 13.5. The lowest BCUT2D eigenvalue weighted by Crippen LogP contribution is -2.25. The Kier molecular flexibility index (Phi) is 8.51. The number of nitrogens with two attached hydrogens (primary N) is 1. The van der Waals surface area contributed by atoms with Gasteiger partial charge in [-0.05, 0) is 42.2 Å². The standard InChI is InChI=1S/C31H30N4O2/c32-22-26-25(23-13-5-3-6-14-23)21-29(24-15-7-4-8-16-24)35(31(26)37)20-12-2-1-9-19-30(36)34-28-18-11-10-17-27(28)33/h3-8,10-11,13-18,21H,1-2,9,12,19-20,33H2,(H,34,36). The van der Waals surface area contributed by atoms with Gasteiger partial charge in [-0.15, -0.1) is 0 Å². The topological polar surface area (TPSA) is 101 Å². The molecule has 4 rings (SSSR count). The second-order valence-electron chi connectivity index (χ2n) is 8.92. The number of pyridine rings is 1. The van der Waals surface area contributed by atoms with Crippen LogP contribution in [0.5, 0.6) is 0 Å². The molecule has 0 saturated heterocycles. The molecular formula is C31H30N4O2. The van der Waals surface area contributed by atoms with E-state index < -0.39 is 0 Å². The Balaban J connectivity index is 1.44. The number of hydrogen-bond donors (Lipinski definition) is 2. The van der Waals surface area contributed by atoms with Gasteiger partial charge >= 0.3 is 0 Å². The number of anilines is 2. The number of rotatable bonds is 10. The van der Waals surface area contributed by atoms with Crippen LogP contribution in [0.3, 0.4) is 0 Å². The summed E-state index contributed by atoms with van der Waals surface area (Å²) in [4.78, 5) is 25.7. The molecule has 0 fully saturated rings. The summed E-state index contributed by atoms with van der Waals surface area (Å²) in [7, 11) is 0. The van der Waals surface area contributed by atoms with E-state index in [1.807, 2.05) is 78.9 Å². The zero-order valence-corrected chi connectivity index (χ0v) is 20.7. The van der Waals surface area contributed by atoms with Gasteiger partial charge in [-0.2, -0.15) is 5.26 Å². The quantitative estimate of drug-likeness (QED) is 0.203. The number of nitriles is 1. The van der Waals surface area contributed by atoms with Gasteiger partial charge in [0.15, 0.2) is 0 Å². The Morgan fingerprint density at radius 3 is 2.14 bits per heavy atom. The number of hydrogen-bond acceptors (Lipinski definition) is 4. The Morgan fingerprint density at radius 1 is 0.838 bits per heavy atom. The minimum atomic E-state index is -0.275. The summed E-state index contributed by atoms with van der Waals surface area (Å²) >= 11 is 0. The molecule has 0 atom stereocenters. The van der Waals surface area contributed by atoms with Crippen LogP contribution in [0, 0.1) is 11.3 Å². The smallest absolute Gasteiger partial charge is 0.269 e. The van der Waals surface area contributed by atoms with Crippen molar-refractivity contribution in [1.29, 1.82) is 5.26 Å². The third kappa shape index (κ3) is 6.33. The highest BCUT2D eigenvalue weighted by Gasteiger charge is 2.17. The monoisotopic (exact) mass is 490 g/mol. The Bertz CT molecular complexity index is 1450.